The number of hydrogen-bond acceptors (Lipinski definition) is 2. The molecule has 4 rings (SSSR count). The Morgan fingerprint density at radius 2 is 1.53 bits per heavy atom. The van der Waals surface area contributed by atoms with Crippen molar-refractivity contribution in [2.24, 2.45) is 29.6 Å². The lowest BCUT2D eigenvalue weighted by Crippen LogP contribution is -2.44. The summed E-state index contributed by atoms with van der Waals surface area (Å²) >= 11 is 0. The molecule has 0 aromatic heterocycles. The van der Waals surface area contributed by atoms with Crippen LogP contribution in [0.5, 0.6) is 0 Å². The highest BCUT2D eigenvalue weighted by Gasteiger charge is 2.47. The fourth-order valence-corrected chi connectivity index (χ4v) is 4.45. The first-order valence-electron chi connectivity index (χ1n) is 6.04. The Morgan fingerprint density at radius 1 is 1.00 bits per heavy atom. The van der Waals surface area contributed by atoms with E-state index in [0.29, 0.717) is 5.92 Å². The van der Waals surface area contributed by atoms with Crippen LogP contribution in [0.2, 0.25) is 0 Å². The molecule has 0 atom stereocenters. The zero-order valence-electron chi connectivity index (χ0n) is 8.84. The molecule has 82 valence electrons. The Kier molecular flexibility index (Phi) is 2.08. The largest absolute Gasteiger partial charge is 0.259 e. The molecular formula is C12H17NO2. The van der Waals surface area contributed by atoms with Crippen molar-refractivity contribution in [3.63, 3.8) is 0 Å². The van der Waals surface area contributed by atoms with Crippen molar-refractivity contribution in [1.29, 1.82) is 0 Å². The van der Waals surface area contributed by atoms with Gasteiger partial charge in [-0.05, 0) is 67.8 Å². The van der Waals surface area contributed by atoms with E-state index in [9.17, 15) is 10.1 Å². The molecule has 0 aromatic rings. The molecule has 0 amide bonds. The summed E-state index contributed by atoms with van der Waals surface area (Å²) in [5.74, 6) is 3.94. The van der Waals surface area contributed by atoms with Crippen molar-refractivity contribution in [1.82, 2.24) is 0 Å². The number of allylic oxidation sites excluding steroid dienone is 1. The number of hydrogen-bond donors (Lipinski definition) is 0. The topological polar surface area (TPSA) is 43.1 Å². The molecule has 4 fully saturated rings. The highest BCUT2D eigenvalue weighted by molar-refractivity contribution is 5.04. The van der Waals surface area contributed by atoms with Gasteiger partial charge in [0.05, 0.1) is 4.92 Å². The minimum atomic E-state index is -0.314. The zero-order chi connectivity index (χ0) is 10.4. The summed E-state index contributed by atoms with van der Waals surface area (Å²) in [7, 11) is 0. The van der Waals surface area contributed by atoms with Crippen LogP contribution in [-0.2, 0) is 0 Å². The van der Waals surface area contributed by atoms with Gasteiger partial charge in [0, 0.05) is 0 Å². The van der Waals surface area contributed by atoms with E-state index in [-0.39, 0.29) is 4.92 Å². The van der Waals surface area contributed by atoms with Gasteiger partial charge < -0.3 is 0 Å². The van der Waals surface area contributed by atoms with Crippen LogP contribution in [0.25, 0.3) is 0 Å². The van der Waals surface area contributed by atoms with Crippen molar-refractivity contribution in [3.8, 4) is 0 Å². The van der Waals surface area contributed by atoms with Crippen LogP contribution in [0.1, 0.15) is 32.1 Å². The molecule has 15 heavy (non-hydrogen) atoms. The summed E-state index contributed by atoms with van der Waals surface area (Å²) in [4.78, 5) is 10.0. The van der Waals surface area contributed by atoms with E-state index in [1.165, 1.54) is 38.3 Å². The number of nitrogens with zero attached hydrogens (tertiary/aromatic N) is 1. The average molecular weight is 207 g/mol. The Labute approximate surface area is 89.7 Å². The van der Waals surface area contributed by atoms with E-state index in [4.69, 9.17) is 0 Å². The second kappa shape index (κ2) is 3.32. The number of nitro groups is 1. The molecule has 0 N–H and O–H groups in total. The molecule has 4 aliphatic rings. The monoisotopic (exact) mass is 207 g/mol. The van der Waals surface area contributed by atoms with Gasteiger partial charge >= 0.3 is 0 Å². The average Bonchev–Trinajstić information content (AvgIpc) is 2.14. The summed E-state index contributed by atoms with van der Waals surface area (Å²) in [5, 5.41) is 10.4. The molecule has 3 heteroatoms. The Balaban J connectivity index is 1.77. The van der Waals surface area contributed by atoms with Gasteiger partial charge in [0.25, 0.3) is 0 Å². The summed E-state index contributed by atoms with van der Waals surface area (Å²) in [5.41, 5.74) is 0. The Hall–Kier alpha value is -0.860. The molecule has 3 nitrogen and oxygen atoms in total. The Morgan fingerprint density at radius 3 is 2.00 bits per heavy atom. The minimum absolute atomic E-state index is 0.314. The molecule has 0 unspecified atom stereocenters. The van der Waals surface area contributed by atoms with Crippen LogP contribution >= 0.6 is 0 Å². The molecule has 0 aliphatic heterocycles. The maximum atomic E-state index is 10.4. The fraction of sp³-hybridized carbons (Fsp3) is 0.833. The molecule has 0 radical (unpaired) electrons. The van der Waals surface area contributed by atoms with Crippen LogP contribution < -0.4 is 0 Å². The van der Waals surface area contributed by atoms with Crippen LogP contribution in [0, 0.1) is 39.7 Å². The summed E-state index contributed by atoms with van der Waals surface area (Å²) in [6.45, 7) is 0. The SMILES string of the molecule is O=[N+]([O-])/C=C/C1C2CC3CC(C2)CC1C3. The van der Waals surface area contributed by atoms with Crippen molar-refractivity contribution in [2.45, 2.75) is 32.1 Å². The fourth-order valence-electron chi connectivity index (χ4n) is 4.45. The maximum Gasteiger partial charge on any atom is 0.230 e. The first-order valence-corrected chi connectivity index (χ1v) is 6.04. The summed E-state index contributed by atoms with van der Waals surface area (Å²) in [6.07, 6.45) is 9.83. The van der Waals surface area contributed by atoms with E-state index < -0.39 is 0 Å². The summed E-state index contributed by atoms with van der Waals surface area (Å²) in [6, 6.07) is 0. The van der Waals surface area contributed by atoms with Crippen molar-refractivity contribution in [3.05, 3.63) is 22.4 Å². The Bertz CT molecular complexity index is 283. The molecular weight excluding hydrogens is 190 g/mol. The molecule has 0 aromatic carbocycles. The third-order valence-electron chi connectivity index (χ3n) is 4.73. The third kappa shape index (κ3) is 1.58. The van der Waals surface area contributed by atoms with Gasteiger partial charge in [0.2, 0.25) is 6.20 Å². The van der Waals surface area contributed by atoms with E-state index in [1.807, 2.05) is 6.08 Å². The minimum Gasteiger partial charge on any atom is -0.259 e. The van der Waals surface area contributed by atoms with Gasteiger partial charge in [0.15, 0.2) is 0 Å². The standard InChI is InChI=1S/C12H17NO2/c14-13(15)2-1-12-10-4-8-3-9(6-10)7-11(12)5-8/h1-2,8-12H,3-7H2/b2-1+. The normalized spacial score (nSPS) is 47.6. The van der Waals surface area contributed by atoms with E-state index in [2.05, 4.69) is 0 Å². The second-order valence-electron chi connectivity index (χ2n) is 5.63. The zero-order valence-corrected chi connectivity index (χ0v) is 8.84. The van der Waals surface area contributed by atoms with Crippen LogP contribution in [-0.4, -0.2) is 4.92 Å². The van der Waals surface area contributed by atoms with Gasteiger partial charge in [-0.2, -0.15) is 0 Å². The lowest BCUT2D eigenvalue weighted by Gasteiger charge is -2.53. The predicted octanol–water partition coefficient (Wildman–Crippen LogP) is 2.85. The predicted molar refractivity (Wildman–Crippen MR) is 56.7 cm³/mol. The number of rotatable bonds is 2. The smallest absolute Gasteiger partial charge is 0.230 e. The van der Waals surface area contributed by atoms with Crippen molar-refractivity contribution >= 4 is 0 Å². The molecule has 4 saturated carbocycles. The first-order chi connectivity index (χ1) is 7.22. The van der Waals surface area contributed by atoms with Gasteiger partial charge in [-0.25, -0.2) is 0 Å². The van der Waals surface area contributed by atoms with Gasteiger partial charge in [0.1, 0.15) is 0 Å². The van der Waals surface area contributed by atoms with Gasteiger partial charge in [-0.3, -0.25) is 10.1 Å². The third-order valence-corrected chi connectivity index (χ3v) is 4.73. The lowest BCUT2D eigenvalue weighted by molar-refractivity contribution is -0.403. The highest BCUT2D eigenvalue weighted by atomic mass is 16.6. The first kappa shape index (κ1) is 9.37. The summed E-state index contributed by atoms with van der Waals surface area (Å²) < 4.78 is 0. The quantitative estimate of drug-likeness (QED) is 0.516. The highest BCUT2D eigenvalue weighted by Crippen LogP contribution is 2.56. The molecule has 4 aliphatic carbocycles. The van der Waals surface area contributed by atoms with E-state index >= 15 is 0 Å². The van der Waals surface area contributed by atoms with Crippen LogP contribution in [0.4, 0.5) is 0 Å². The van der Waals surface area contributed by atoms with Gasteiger partial charge in [-0.15, -0.1) is 0 Å². The molecule has 0 saturated heterocycles. The second-order valence-corrected chi connectivity index (χ2v) is 5.63. The molecule has 0 heterocycles. The molecule has 0 spiro atoms. The van der Waals surface area contributed by atoms with E-state index in [0.717, 1.165) is 23.7 Å². The maximum absolute atomic E-state index is 10.4. The van der Waals surface area contributed by atoms with Crippen molar-refractivity contribution in [2.75, 3.05) is 0 Å². The van der Waals surface area contributed by atoms with Crippen LogP contribution in [0.15, 0.2) is 12.3 Å². The molecule has 4 bridgehead atoms. The van der Waals surface area contributed by atoms with Crippen LogP contribution in [0.3, 0.4) is 0 Å². The lowest BCUT2D eigenvalue weighted by atomic mass is 9.52. The van der Waals surface area contributed by atoms with Crippen molar-refractivity contribution < 1.29 is 4.92 Å². The van der Waals surface area contributed by atoms with Gasteiger partial charge in [-0.1, -0.05) is 0 Å². The van der Waals surface area contributed by atoms with E-state index in [1.54, 1.807) is 0 Å².